The fraction of sp³-hybridized carbons (Fsp3) is 0.200. The van der Waals surface area contributed by atoms with E-state index in [0.29, 0.717) is 5.82 Å². The molecule has 7 heteroatoms. The maximum atomic E-state index is 12.9. The van der Waals surface area contributed by atoms with E-state index in [1.807, 2.05) is 24.3 Å². The van der Waals surface area contributed by atoms with Crippen molar-refractivity contribution in [3.8, 4) is 0 Å². The smallest absolute Gasteiger partial charge is 0.236 e. The number of anilines is 1. The van der Waals surface area contributed by atoms with Crippen LogP contribution in [0.15, 0.2) is 66.2 Å². The molecular weight excluding hydrogens is 340 g/mol. The van der Waals surface area contributed by atoms with Crippen LogP contribution in [-0.2, 0) is 10.2 Å². The minimum Gasteiger partial charge on any atom is -0.404 e. The Morgan fingerprint density at radius 3 is 2.52 bits per heavy atom. The highest BCUT2D eigenvalue weighted by atomic mass is 16.2. The highest BCUT2D eigenvalue weighted by Crippen LogP contribution is 2.44. The van der Waals surface area contributed by atoms with Crippen molar-refractivity contribution in [2.24, 2.45) is 16.5 Å². The summed E-state index contributed by atoms with van der Waals surface area (Å²) in [4.78, 5) is 16.9. The second kappa shape index (κ2) is 7.82. The van der Waals surface area contributed by atoms with Gasteiger partial charge >= 0.3 is 0 Å². The molecule has 1 aromatic carbocycles. The summed E-state index contributed by atoms with van der Waals surface area (Å²) in [5.41, 5.74) is 13.2. The van der Waals surface area contributed by atoms with Gasteiger partial charge in [-0.25, -0.2) is 4.99 Å². The topological polar surface area (TPSA) is 119 Å². The molecule has 1 aliphatic rings. The van der Waals surface area contributed by atoms with Crippen molar-refractivity contribution in [2.45, 2.75) is 24.7 Å². The van der Waals surface area contributed by atoms with E-state index in [0.717, 1.165) is 36.0 Å². The zero-order valence-electron chi connectivity index (χ0n) is 14.9. The summed E-state index contributed by atoms with van der Waals surface area (Å²) >= 11 is 0. The van der Waals surface area contributed by atoms with E-state index in [1.54, 1.807) is 24.5 Å². The maximum absolute atomic E-state index is 12.9. The molecule has 3 rings (SSSR count). The summed E-state index contributed by atoms with van der Waals surface area (Å²) in [7, 11) is 0. The predicted octanol–water partition coefficient (Wildman–Crippen LogP) is 2.34. The Bertz CT molecular complexity index is 882. The maximum Gasteiger partial charge on any atom is 0.236 e. The molecule has 0 unspecified atom stereocenters. The molecule has 1 aromatic heterocycles. The van der Waals surface area contributed by atoms with E-state index in [-0.39, 0.29) is 11.7 Å². The first kappa shape index (κ1) is 18.3. The number of nitrogens with two attached hydrogens (primary N) is 2. The predicted molar refractivity (Wildman–Crippen MR) is 107 cm³/mol. The number of allylic oxidation sites excluding steroid dienone is 1. The second-order valence-electron chi connectivity index (χ2n) is 6.45. The number of amides is 1. The van der Waals surface area contributed by atoms with Crippen molar-refractivity contribution in [1.82, 2.24) is 10.2 Å². The van der Waals surface area contributed by atoms with Crippen LogP contribution >= 0.6 is 0 Å². The van der Waals surface area contributed by atoms with Crippen LogP contribution in [0.5, 0.6) is 0 Å². The highest BCUT2D eigenvalue weighted by molar-refractivity contribution is 6.10. The molecule has 5 N–H and O–H groups in total. The molecule has 1 heterocycles. The normalized spacial score (nSPS) is 15.9. The fourth-order valence-electron chi connectivity index (χ4n) is 3.13. The molecule has 1 fully saturated rings. The number of nitrogens with zero attached hydrogens (tertiary/aromatic N) is 3. The Labute approximate surface area is 157 Å². The van der Waals surface area contributed by atoms with E-state index in [4.69, 9.17) is 11.5 Å². The van der Waals surface area contributed by atoms with Crippen LogP contribution in [0, 0.1) is 0 Å². The number of aromatic nitrogens is 2. The lowest BCUT2D eigenvalue weighted by Crippen LogP contribution is -2.46. The number of rotatable bonds is 6. The summed E-state index contributed by atoms with van der Waals surface area (Å²) in [6.45, 7) is 3.53. The first-order chi connectivity index (χ1) is 13.0. The summed E-state index contributed by atoms with van der Waals surface area (Å²) in [6.07, 6.45) is 7.20. The van der Waals surface area contributed by atoms with Gasteiger partial charge in [0.15, 0.2) is 5.82 Å². The lowest BCUT2D eigenvalue weighted by molar-refractivity contribution is -0.124. The molecule has 0 radical (unpaired) electrons. The second-order valence-corrected chi connectivity index (χ2v) is 6.45. The van der Waals surface area contributed by atoms with Crippen molar-refractivity contribution in [3.05, 3.63) is 72.3 Å². The Kier molecular flexibility index (Phi) is 5.30. The molecule has 1 amide bonds. The Morgan fingerprint density at radius 1 is 1.26 bits per heavy atom. The third-order valence-electron chi connectivity index (χ3n) is 4.78. The number of nitrogens with one attached hydrogen (secondary N) is 1. The standard InChI is InChI=1S/C20H22N6O/c1-14(22)23-13-16(12-21)15-5-7-17(8-6-15)20(9-3-10-20)19(27)25-18-4-2-11-24-26-18/h2,4-8,11-13H,1,3,9-10,21-22H2,(H,25,26,27)/b16-12+,23-13?. The Morgan fingerprint density at radius 2 is 2.00 bits per heavy atom. The van der Waals surface area contributed by atoms with E-state index < -0.39 is 5.41 Å². The van der Waals surface area contributed by atoms with Crippen LogP contribution < -0.4 is 16.8 Å². The first-order valence-electron chi connectivity index (χ1n) is 8.65. The number of hydrogen-bond acceptors (Lipinski definition) is 6. The average molecular weight is 362 g/mol. The average Bonchev–Trinajstić information content (AvgIpc) is 2.63. The summed E-state index contributed by atoms with van der Waals surface area (Å²) in [6, 6.07) is 11.2. The zero-order chi connectivity index (χ0) is 19.3. The van der Waals surface area contributed by atoms with Crippen molar-refractivity contribution in [1.29, 1.82) is 0 Å². The number of hydrogen-bond donors (Lipinski definition) is 3. The molecule has 0 atom stereocenters. The summed E-state index contributed by atoms with van der Waals surface area (Å²) in [5.74, 6) is 0.606. The SMILES string of the molecule is C=C(N)N=C/C(=C\N)c1ccc(C2(C(=O)Nc3cccnn3)CCC2)cc1. The number of carbonyl (C=O) groups excluding carboxylic acids is 1. The Hall–Kier alpha value is -3.48. The molecule has 0 saturated heterocycles. The quantitative estimate of drug-likeness (QED) is 0.681. The van der Waals surface area contributed by atoms with Gasteiger partial charge in [-0.05, 0) is 36.1 Å². The molecule has 0 aliphatic heterocycles. The third kappa shape index (κ3) is 3.87. The third-order valence-corrected chi connectivity index (χ3v) is 4.78. The van der Waals surface area contributed by atoms with Gasteiger partial charge in [0.1, 0.15) is 5.82 Å². The number of carbonyl (C=O) groups is 1. The van der Waals surface area contributed by atoms with E-state index in [2.05, 4.69) is 27.1 Å². The molecule has 0 spiro atoms. The van der Waals surface area contributed by atoms with Crippen LogP contribution in [0.3, 0.4) is 0 Å². The minimum absolute atomic E-state index is 0.0578. The van der Waals surface area contributed by atoms with Crippen LogP contribution in [0.4, 0.5) is 5.82 Å². The highest BCUT2D eigenvalue weighted by Gasteiger charge is 2.45. The van der Waals surface area contributed by atoms with Gasteiger partial charge in [0, 0.05) is 24.2 Å². The van der Waals surface area contributed by atoms with Gasteiger partial charge in [-0.15, -0.1) is 5.10 Å². The van der Waals surface area contributed by atoms with Gasteiger partial charge in [0.2, 0.25) is 5.91 Å². The minimum atomic E-state index is -0.539. The lowest BCUT2D eigenvalue weighted by atomic mass is 9.63. The summed E-state index contributed by atoms with van der Waals surface area (Å²) < 4.78 is 0. The van der Waals surface area contributed by atoms with Gasteiger partial charge < -0.3 is 16.8 Å². The van der Waals surface area contributed by atoms with Crippen LogP contribution in [-0.4, -0.2) is 22.3 Å². The van der Waals surface area contributed by atoms with E-state index in [9.17, 15) is 4.79 Å². The summed E-state index contributed by atoms with van der Waals surface area (Å²) in [5, 5.41) is 10.6. The fourth-order valence-corrected chi connectivity index (χ4v) is 3.13. The van der Waals surface area contributed by atoms with E-state index >= 15 is 0 Å². The van der Waals surface area contributed by atoms with Crippen molar-refractivity contribution in [2.75, 3.05) is 5.32 Å². The van der Waals surface area contributed by atoms with Gasteiger partial charge in [0.05, 0.1) is 5.41 Å². The van der Waals surface area contributed by atoms with Gasteiger partial charge in [-0.2, -0.15) is 5.10 Å². The monoisotopic (exact) mass is 362 g/mol. The molecule has 138 valence electrons. The number of aliphatic imine (C=N–C) groups is 1. The first-order valence-corrected chi connectivity index (χ1v) is 8.65. The molecule has 1 aliphatic carbocycles. The molecule has 1 saturated carbocycles. The van der Waals surface area contributed by atoms with Gasteiger partial charge in [0.25, 0.3) is 0 Å². The molecular formula is C20H22N6O. The van der Waals surface area contributed by atoms with Gasteiger partial charge in [-0.3, -0.25) is 4.79 Å². The number of benzene rings is 1. The van der Waals surface area contributed by atoms with E-state index in [1.165, 1.54) is 6.20 Å². The molecule has 27 heavy (non-hydrogen) atoms. The molecule has 0 bridgehead atoms. The van der Waals surface area contributed by atoms with Crippen LogP contribution in [0.1, 0.15) is 30.4 Å². The zero-order valence-corrected chi connectivity index (χ0v) is 14.9. The lowest BCUT2D eigenvalue weighted by Gasteiger charge is -2.40. The largest absolute Gasteiger partial charge is 0.404 e. The molecule has 2 aromatic rings. The van der Waals surface area contributed by atoms with Crippen molar-refractivity contribution in [3.63, 3.8) is 0 Å². The Balaban J connectivity index is 1.82. The molecule has 7 nitrogen and oxygen atoms in total. The van der Waals surface area contributed by atoms with Crippen LogP contribution in [0.2, 0.25) is 0 Å². The van der Waals surface area contributed by atoms with Crippen molar-refractivity contribution >= 4 is 23.5 Å². The van der Waals surface area contributed by atoms with Crippen LogP contribution in [0.25, 0.3) is 5.57 Å². The van der Waals surface area contributed by atoms with Gasteiger partial charge in [-0.1, -0.05) is 37.3 Å². The van der Waals surface area contributed by atoms with Crippen molar-refractivity contribution < 1.29 is 4.79 Å².